The van der Waals surface area contributed by atoms with Crippen molar-refractivity contribution in [1.29, 1.82) is 0 Å². The summed E-state index contributed by atoms with van der Waals surface area (Å²) in [5, 5.41) is 3.19. The highest BCUT2D eigenvalue weighted by atomic mass is 32.2. The van der Waals surface area contributed by atoms with Crippen LogP contribution in [0.25, 0.3) is 0 Å². The van der Waals surface area contributed by atoms with E-state index in [0.29, 0.717) is 23.9 Å². The average molecular weight is 419 g/mol. The van der Waals surface area contributed by atoms with Crippen molar-refractivity contribution in [1.82, 2.24) is 14.9 Å². The summed E-state index contributed by atoms with van der Waals surface area (Å²) in [6.07, 6.45) is 0. The maximum absolute atomic E-state index is 12.6. The molecule has 0 saturated carbocycles. The zero-order valence-electron chi connectivity index (χ0n) is 17.7. The van der Waals surface area contributed by atoms with E-state index in [1.54, 1.807) is 27.1 Å². The Morgan fingerprint density at radius 3 is 2.55 bits per heavy atom. The summed E-state index contributed by atoms with van der Waals surface area (Å²) in [6.45, 7) is 4.94. The molecule has 2 aromatic carbocycles. The number of hydrogen-bond donors (Lipinski definition) is 2. The molecule has 0 fully saturated rings. The zero-order valence-corrected chi connectivity index (χ0v) is 18.5. The third-order valence-electron chi connectivity index (χ3n) is 4.51. The second kappa shape index (κ2) is 10.3. The van der Waals surface area contributed by atoms with Gasteiger partial charge in [0, 0.05) is 39.3 Å². The minimum absolute atomic E-state index is 0.247. The number of aryl methyl sites for hydroxylation is 2. The Kier molecular flexibility index (Phi) is 8.04. The monoisotopic (exact) mass is 418 g/mol. The molecule has 0 saturated heterocycles. The van der Waals surface area contributed by atoms with Gasteiger partial charge in [-0.1, -0.05) is 30.3 Å². The summed E-state index contributed by atoms with van der Waals surface area (Å²) in [5.74, 6) is 1.48. The Morgan fingerprint density at radius 2 is 1.86 bits per heavy atom. The van der Waals surface area contributed by atoms with Crippen LogP contribution in [0, 0.1) is 13.8 Å². The third-order valence-corrected chi connectivity index (χ3v) is 6.11. The van der Waals surface area contributed by atoms with Crippen molar-refractivity contribution in [2.45, 2.75) is 25.3 Å². The molecular weight excluding hydrogens is 388 g/mol. The molecule has 0 atom stereocenters. The molecule has 2 aromatic rings. The van der Waals surface area contributed by atoms with Crippen LogP contribution >= 0.6 is 0 Å². The molecule has 2 N–H and O–H groups in total. The smallest absolute Gasteiger partial charge is 0.240 e. The third kappa shape index (κ3) is 6.20. The van der Waals surface area contributed by atoms with E-state index in [2.05, 4.69) is 15.0 Å². The van der Waals surface area contributed by atoms with Gasteiger partial charge in [-0.2, -0.15) is 0 Å². The van der Waals surface area contributed by atoms with Crippen LogP contribution < -0.4 is 14.8 Å². The van der Waals surface area contributed by atoms with Crippen molar-refractivity contribution in [3.63, 3.8) is 0 Å². The number of methoxy groups -OCH3 is 1. The Balaban J connectivity index is 1.92. The summed E-state index contributed by atoms with van der Waals surface area (Å²) in [7, 11) is 1.71. The molecule has 0 radical (unpaired) electrons. The fourth-order valence-electron chi connectivity index (χ4n) is 2.98. The SMILES string of the molecule is CN=C(NCCNS(=O)(=O)c1cc(C)ccc1C)N(C)Cc1ccccc1OC. The highest BCUT2D eigenvalue weighted by Gasteiger charge is 2.16. The molecule has 29 heavy (non-hydrogen) atoms. The van der Waals surface area contributed by atoms with E-state index >= 15 is 0 Å². The first-order valence-corrected chi connectivity index (χ1v) is 10.9. The molecule has 0 amide bonds. The van der Waals surface area contributed by atoms with Crippen LogP contribution in [0.3, 0.4) is 0 Å². The van der Waals surface area contributed by atoms with Crippen LogP contribution in [0.2, 0.25) is 0 Å². The fourth-order valence-corrected chi connectivity index (χ4v) is 4.34. The second-order valence-corrected chi connectivity index (χ2v) is 8.54. The molecule has 0 unspecified atom stereocenters. The number of hydrogen-bond acceptors (Lipinski definition) is 4. The summed E-state index contributed by atoms with van der Waals surface area (Å²) in [5.41, 5.74) is 2.67. The molecule has 0 aliphatic heterocycles. The molecule has 0 spiro atoms. The lowest BCUT2D eigenvalue weighted by molar-refractivity contribution is 0.396. The fraction of sp³-hybridized carbons (Fsp3) is 0.381. The van der Waals surface area contributed by atoms with Gasteiger partial charge in [0.2, 0.25) is 10.0 Å². The number of benzene rings is 2. The van der Waals surface area contributed by atoms with Crippen LogP contribution in [-0.4, -0.2) is 53.6 Å². The molecule has 0 aromatic heterocycles. The Morgan fingerprint density at radius 1 is 1.14 bits per heavy atom. The number of nitrogens with zero attached hydrogens (tertiary/aromatic N) is 2. The Labute approximate surface area is 173 Å². The van der Waals surface area contributed by atoms with E-state index in [1.807, 2.05) is 55.3 Å². The van der Waals surface area contributed by atoms with Crippen LogP contribution in [0.1, 0.15) is 16.7 Å². The van der Waals surface area contributed by atoms with Crippen molar-refractivity contribution < 1.29 is 13.2 Å². The van der Waals surface area contributed by atoms with Crippen molar-refractivity contribution in [2.75, 3.05) is 34.3 Å². The quantitative estimate of drug-likeness (QED) is 0.390. The standard InChI is InChI=1S/C21H30N4O3S/c1-16-10-11-17(2)20(14-16)29(26,27)24-13-12-23-21(22-3)25(4)15-18-8-6-7-9-19(18)28-5/h6-11,14,24H,12-13,15H2,1-5H3,(H,22,23). The van der Waals surface area contributed by atoms with Gasteiger partial charge in [0.25, 0.3) is 0 Å². The first-order valence-electron chi connectivity index (χ1n) is 9.39. The molecular formula is C21H30N4O3S. The first kappa shape index (κ1) is 22.7. The van der Waals surface area contributed by atoms with Gasteiger partial charge in [-0.3, -0.25) is 4.99 Å². The minimum atomic E-state index is -3.56. The predicted molar refractivity (Wildman–Crippen MR) is 117 cm³/mol. The van der Waals surface area contributed by atoms with E-state index in [9.17, 15) is 8.42 Å². The number of nitrogens with one attached hydrogen (secondary N) is 2. The van der Waals surface area contributed by atoms with Crippen molar-refractivity contribution in [3.8, 4) is 5.75 Å². The van der Waals surface area contributed by atoms with Crippen molar-refractivity contribution in [2.24, 2.45) is 4.99 Å². The van der Waals surface area contributed by atoms with Gasteiger partial charge in [-0.15, -0.1) is 0 Å². The lowest BCUT2D eigenvalue weighted by atomic mass is 10.2. The zero-order chi connectivity index (χ0) is 21.4. The number of ether oxygens (including phenoxy) is 1. The molecule has 8 heteroatoms. The van der Waals surface area contributed by atoms with E-state index < -0.39 is 10.0 Å². The van der Waals surface area contributed by atoms with Crippen LogP contribution in [0.4, 0.5) is 0 Å². The maximum atomic E-state index is 12.6. The van der Waals surface area contributed by atoms with Gasteiger partial charge in [0.1, 0.15) is 5.75 Å². The lowest BCUT2D eigenvalue weighted by Gasteiger charge is -2.23. The van der Waals surface area contributed by atoms with Gasteiger partial charge < -0.3 is 15.0 Å². The number of rotatable bonds is 8. The Bertz CT molecular complexity index is 958. The Hall–Kier alpha value is -2.58. The lowest BCUT2D eigenvalue weighted by Crippen LogP contribution is -2.42. The summed E-state index contributed by atoms with van der Waals surface area (Å²) in [4.78, 5) is 6.54. The molecule has 2 rings (SSSR count). The number of para-hydroxylation sites is 1. The summed E-state index contributed by atoms with van der Waals surface area (Å²) in [6, 6.07) is 13.2. The van der Waals surface area contributed by atoms with E-state index in [0.717, 1.165) is 22.4 Å². The summed E-state index contributed by atoms with van der Waals surface area (Å²) < 4.78 is 33.2. The topological polar surface area (TPSA) is 83.0 Å². The second-order valence-electron chi connectivity index (χ2n) is 6.81. The largest absolute Gasteiger partial charge is 0.496 e. The van der Waals surface area contributed by atoms with Crippen LogP contribution in [0.5, 0.6) is 5.75 Å². The molecule has 0 aliphatic carbocycles. The average Bonchev–Trinajstić information content (AvgIpc) is 2.70. The minimum Gasteiger partial charge on any atom is -0.496 e. The molecule has 0 heterocycles. The van der Waals surface area contributed by atoms with Gasteiger partial charge in [-0.05, 0) is 37.1 Å². The molecule has 0 aliphatic rings. The number of sulfonamides is 1. The van der Waals surface area contributed by atoms with Gasteiger partial charge in [-0.25, -0.2) is 13.1 Å². The maximum Gasteiger partial charge on any atom is 0.240 e. The van der Waals surface area contributed by atoms with Gasteiger partial charge in [0.05, 0.1) is 12.0 Å². The van der Waals surface area contributed by atoms with E-state index in [4.69, 9.17) is 4.74 Å². The highest BCUT2D eigenvalue weighted by molar-refractivity contribution is 7.89. The molecule has 7 nitrogen and oxygen atoms in total. The number of guanidine groups is 1. The first-order chi connectivity index (χ1) is 13.8. The van der Waals surface area contributed by atoms with Crippen LogP contribution in [-0.2, 0) is 16.6 Å². The molecule has 158 valence electrons. The number of aliphatic imine (C=N–C) groups is 1. The van der Waals surface area contributed by atoms with E-state index in [1.165, 1.54) is 0 Å². The normalized spacial score (nSPS) is 12.0. The highest BCUT2D eigenvalue weighted by Crippen LogP contribution is 2.19. The van der Waals surface area contributed by atoms with Gasteiger partial charge >= 0.3 is 0 Å². The van der Waals surface area contributed by atoms with Crippen molar-refractivity contribution in [3.05, 3.63) is 59.2 Å². The van der Waals surface area contributed by atoms with E-state index in [-0.39, 0.29) is 6.54 Å². The van der Waals surface area contributed by atoms with Crippen molar-refractivity contribution >= 4 is 16.0 Å². The van der Waals surface area contributed by atoms with Crippen LogP contribution in [0.15, 0.2) is 52.4 Å². The predicted octanol–water partition coefficient (Wildman–Crippen LogP) is 2.30. The molecule has 0 bridgehead atoms. The summed E-state index contributed by atoms with van der Waals surface area (Å²) >= 11 is 0. The van der Waals surface area contributed by atoms with Gasteiger partial charge in [0.15, 0.2) is 5.96 Å².